The molecule has 0 unspecified atom stereocenters. The summed E-state index contributed by atoms with van der Waals surface area (Å²) in [7, 11) is 7.55. The van der Waals surface area contributed by atoms with Crippen molar-refractivity contribution in [2.75, 3.05) is 7.11 Å². The van der Waals surface area contributed by atoms with Gasteiger partial charge in [0.1, 0.15) is 23.0 Å². The van der Waals surface area contributed by atoms with Crippen molar-refractivity contribution in [1.29, 1.82) is 0 Å². The molecule has 0 bridgehead atoms. The van der Waals surface area contributed by atoms with Gasteiger partial charge < -0.3 is 4.18 Å². The molecule has 0 heterocycles. The van der Waals surface area contributed by atoms with E-state index < -0.39 is 6.46 Å². The Kier molecular flexibility index (Phi) is 11.9. The molecule has 12 heavy (non-hydrogen) atoms. The van der Waals surface area contributed by atoms with E-state index in [9.17, 15) is 0 Å². The molecule has 0 spiro atoms. The summed E-state index contributed by atoms with van der Waals surface area (Å²) < 4.78 is 9.67. The largest absolute Gasteiger partial charge is 0.305 e. The standard InChI is InChI=1S/CH3IO2S8/c1-3-12(5,6)11-10-9-8-7-4-2/h1H3. The molecule has 0 aliphatic heterocycles. The van der Waals surface area contributed by atoms with Crippen LogP contribution >= 0.6 is 73.4 Å². The first-order chi connectivity index (χ1) is 5.62. The zero-order chi connectivity index (χ0) is 9.45. The summed E-state index contributed by atoms with van der Waals surface area (Å²) >= 11 is 13.1. The highest BCUT2D eigenvalue weighted by Crippen LogP contribution is 2.51. The fraction of sp³-hybridized carbons (Fsp3) is 1.00. The Labute approximate surface area is 114 Å². The fourth-order valence-electron chi connectivity index (χ4n) is 0.106. The van der Waals surface area contributed by atoms with Gasteiger partial charge >= 0.3 is 0 Å². The SMILES string of the molecule is COS(=S)(=S)SSSSSOI. The van der Waals surface area contributed by atoms with Gasteiger partial charge in [-0.1, -0.05) is 0 Å². The summed E-state index contributed by atoms with van der Waals surface area (Å²) in [4.78, 5) is 0. The van der Waals surface area contributed by atoms with Crippen LogP contribution < -0.4 is 0 Å². The second kappa shape index (κ2) is 9.42. The smallest absolute Gasteiger partial charge is 0.128 e. The topological polar surface area (TPSA) is 18.5 Å². The molecule has 0 radical (unpaired) electrons. The maximum Gasteiger partial charge on any atom is 0.128 e. The summed E-state index contributed by atoms with van der Waals surface area (Å²) in [6.07, 6.45) is 0. The van der Waals surface area contributed by atoms with Crippen LogP contribution in [0, 0.1) is 0 Å². The number of hydrogen-bond acceptors (Lipinski definition) is 9. The molecule has 11 heteroatoms. The first-order valence-corrected chi connectivity index (χ1v) is 12.9. The van der Waals surface area contributed by atoms with Gasteiger partial charge in [0.2, 0.25) is 0 Å². The lowest BCUT2D eigenvalue weighted by atomic mass is 11.8. The van der Waals surface area contributed by atoms with Crippen LogP contribution in [-0.2, 0) is 35.5 Å². The van der Waals surface area contributed by atoms with E-state index in [1.54, 1.807) is 16.9 Å². The third kappa shape index (κ3) is 9.73. The molecule has 0 N–H and O–H groups in total. The molecular formula is CH3IO2S8. The van der Waals surface area contributed by atoms with Crippen molar-refractivity contribution in [3.05, 3.63) is 0 Å². The Hall–Kier alpha value is 3.19. The summed E-state index contributed by atoms with van der Waals surface area (Å²) in [6, 6.07) is 0. The van der Waals surface area contributed by atoms with Crippen LogP contribution in [-0.4, -0.2) is 7.11 Å². The van der Waals surface area contributed by atoms with Gasteiger partial charge in [-0.15, -0.1) is 0 Å². The van der Waals surface area contributed by atoms with Crippen molar-refractivity contribution in [3.63, 3.8) is 0 Å². The van der Waals surface area contributed by atoms with Gasteiger partial charge in [0.25, 0.3) is 0 Å². The molecule has 0 aliphatic rings. The normalized spacial score (nSPS) is 11.8. The van der Waals surface area contributed by atoms with Crippen LogP contribution in [0.1, 0.15) is 0 Å². The van der Waals surface area contributed by atoms with Gasteiger partial charge in [-0.2, -0.15) is 0 Å². The molecule has 0 aliphatic carbocycles. The average Bonchev–Trinajstić information content (AvgIpc) is 2.04. The van der Waals surface area contributed by atoms with Crippen LogP contribution in [0.2, 0.25) is 0 Å². The summed E-state index contributed by atoms with van der Waals surface area (Å²) in [6.45, 7) is -1.75. The minimum atomic E-state index is -1.75. The van der Waals surface area contributed by atoms with E-state index >= 15 is 0 Å². The van der Waals surface area contributed by atoms with Crippen LogP contribution in [0.25, 0.3) is 0 Å². The van der Waals surface area contributed by atoms with E-state index in [-0.39, 0.29) is 0 Å². The Morgan fingerprint density at radius 3 is 2.42 bits per heavy atom. The van der Waals surface area contributed by atoms with Crippen LogP contribution in [0.15, 0.2) is 0 Å². The van der Waals surface area contributed by atoms with E-state index in [0.29, 0.717) is 0 Å². The number of rotatable bonds is 7. The molecular weight excluding hydrogens is 427 g/mol. The van der Waals surface area contributed by atoms with Crippen molar-refractivity contribution in [2.24, 2.45) is 0 Å². The third-order valence-corrected chi connectivity index (χ3v) is 16.1. The van der Waals surface area contributed by atoms with E-state index in [0.717, 1.165) is 0 Å². The number of hydrogen-bond donors (Lipinski definition) is 0. The lowest BCUT2D eigenvalue weighted by Crippen LogP contribution is -1.87. The minimum absolute atomic E-state index is 1.30. The van der Waals surface area contributed by atoms with E-state index in [2.05, 4.69) is 0 Å². The predicted octanol–water partition coefficient (Wildman–Crippen LogP) is 4.15. The zero-order valence-corrected chi connectivity index (χ0v) is 14.1. The van der Waals surface area contributed by atoms with Crippen LogP contribution in [0.4, 0.5) is 0 Å². The fourth-order valence-corrected chi connectivity index (χ4v) is 15.5. The highest BCUT2D eigenvalue weighted by Gasteiger charge is 2.02. The molecule has 0 atom stereocenters. The maximum absolute atomic E-state index is 4.98. The van der Waals surface area contributed by atoms with Crippen LogP contribution in [0.3, 0.4) is 0 Å². The van der Waals surface area contributed by atoms with E-state index in [1.807, 2.05) is 23.0 Å². The molecule has 2 nitrogen and oxygen atoms in total. The van der Waals surface area contributed by atoms with Crippen molar-refractivity contribution in [1.82, 2.24) is 0 Å². The number of halogens is 1. The molecule has 0 saturated carbocycles. The molecule has 0 fully saturated rings. The Balaban J connectivity index is 3.32. The quantitative estimate of drug-likeness (QED) is 0.254. The molecule has 0 saturated heterocycles. The third-order valence-electron chi connectivity index (χ3n) is 0.424. The first-order valence-electron chi connectivity index (χ1n) is 2.06. The van der Waals surface area contributed by atoms with E-state index in [4.69, 9.17) is 29.1 Å². The molecule has 0 aromatic heterocycles. The monoisotopic (exact) mass is 430 g/mol. The van der Waals surface area contributed by atoms with E-state index in [1.165, 1.54) is 40.6 Å². The Morgan fingerprint density at radius 1 is 1.25 bits per heavy atom. The highest BCUT2D eigenvalue weighted by atomic mass is 127. The average molecular weight is 430 g/mol. The molecule has 74 valence electrons. The second-order valence-corrected chi connectivity index (χ2v) is 17.1. The van der Waals surface area contributed by atoms with Gasteiger partial charge in [-0.25, -0.2) is 2.51 Å². The molecule has 0 rings (SSSR count). The Morgan fingerprint density at radius 2 is 1.92 bits per heavy atom. The lowest BCUT2D eigenvalue weighted by molar-refractivity contribution is 0.491. The summed E-state index contributed by atoms with van der Waals surface area (Å²) in [5.41, 5.74) is 0. The van der Waals surface area contributed by atoms with Crippen molar-refractivity contribution >= 4 is 102 Å². The maximum atomic E-state index is 4.98. The predicted molar refractivity (Wildman–Crippen MR) is 82.2 cm³/mol. The highest BCUT2D eigenvalue weighted by molar-refractivity contribution is 14.1. The summed E-state index contributed by atoms with van der Waals surface area (Å²) in [5, 5.41) is 0. The zero-order valence-electron chi connectivity index (χ0n) is 5.46. The van der Waals surface area contributed by atoms with Crippen molar-refractivity contribution < 1.29 is 6.70 Å². The van der Waals surface area contributed by atoms with Gasteiger partial charge in [0, 0.05) is 39.3 Å². The van der Waals surface area contributed by atoms with Crippen molar-refractivity contribution in [2.45, 2.75) is 0 Å². The van der Waals surface area contributed by atoms with Gasteiger partial charge in [-0.3, -0.25) is 0 Å². The molecule has 0 aromatic rings. The summed E-state index contributed by atoms with van der Waals surface area (Å²) in [5.74, 6) is 0. The van der Waals surface area contributed by atoms with Crippen LogP contribution in [0.5, 0.6) is 0 Å². The first kappa shape index (κ1) is 15.2. The Bertz CT molecular complexity index is 187. The molecule has 0 amide bonds. The van der Waals surface area contributed by atoms with Gasteiger partial charge in [0.15, 0.2) is 0 Å². The van der Waals surface area contributed by atoms with Gasteiger partial charge in [0.05, 0.1) is 24.6 Å². The molecule has 0 aromatic carbocycles. The minimum Gasteiger partial charge on any atom is -0.305 e. The van der Waals surface area contributed by atoms with Crippen molar-refractivity contribution in [3.8, 4) is 0 Å². The second-order valence-electron chi connectivity index (χ2n) is 0.978. The lowest BCUT2D eigenvalue weighted by Gasteiger charge is -2.03. The van der Waals surface area contributed by atoms with Gasteiger partial charge in [-0.05, 0) is 22.4 Å².